The van der Waals surface area contributed by atoms with E-state index in [1.165, 1.54) is 6.07 Å². The highest BCUT2D eigenvalue weighted by Gasteiger charge is 2.16. The monoisotopic (exact) mass is 223 g/mol. The van der Waals surface area contributed by atoms with E-state index in [2.05, 4.69) is 5.32 Å². The number of carbonyl (C=O) groups excluding carboxylic acids is 1. The van der Waals surface area contributed by atoms with Gasteiger partial charge in [-0.3, -0.25) is 4.79 Å². The predicted octanol–water partition coefficient (Wildman–Crippen LogP) is 1.20. The van der Waals surface area contributed by atoms with E-state index in [1.54, 1.807) is 32.9 Å². The van der Waals surface area contributed by atoms with Crippen LogP contribution < -0.4 is 5.32 Å². The van der Waals surface area contributed by atoms with Gasteiger partial charge in [0.15, 0.2) is 0 Å². The van der Waals surface area contributed by atoms with Crippen molar-refractivity contribution >= 4 is 5.91 Å². The van der Waals surface area contributed by atoms with E-state index >= 15 is 0 Å². The fourth-order valence-corrected chi connectivity index (χ4v) is 1.27. The van der Waals surface area contributed by atoms with Gasteiger partial charge in [-0.05, 0) is 32.9 Å². The highest BCUT2D eigenvalue weighted by molar-refractivity contribution is 5.96. The zero-order chi connectivity index (χ0) is 12.3. The van der Waals surface area contributed by atoms with Crippen molar-refractivity contribution in [2.45, 2.75) is 32.9 Å². The van der Waals surface area contributed by atoms with E-state index in [0.29, 0.717) is 11.1 Å². The molecular weight excluding hydrogens is 206 g/mol. The molecule has 0 aliphatic carbocycles. The van der Waals surface area contributed by atoms with Crippen molar-refractivity contribution in [2.75, 3.05) is 0 Å². The molecule has 0 aromatic heterocycles. The minimum atomic E-state index is -0.610. The summed E-state index contributed by atoms with van der Waals surface area (Å²) in [5.74, 6) is -0.195. The Labute approximate surface area is 94.9 Å². The van der Waals surface area contributed by atoms with Gasteiger partial charge in [-0.2, -0.15) is 0 Å². The number of hydrogen-bond donors (Lipinski definition) is 3. The number of phenols is 1. The normalized spacial score (nSPS) is 14.2. The van der Waals surface area contributed by atoms with Crippen LogP contribution in [0.4, 0.5) is 0 Å². The molecule has 0 fully saturated rings. The van der Waals surface area contributed by atoms with Gasteiger partial charge in [0.05, 0.1) is 12.1 Å². The fraction of sp³-hybridized carbons (Fsp3) is 0.417. The fourth-order valence-electron chi connectivity index (χ4n) is 1.27. The smallest absolute Gasteiger partial charge is 0.251 e. The van der Waals surface area contributed by atoms with Crippen LogP contribution in [0.5, 0.6) is 5.75 Å². The van der Waals surface area contributed by atoms with Gasteiger partial charge < -0.3 is 15.5 Å². The van der Waals surface area contributed by atoms with Gasteiger partial charge in [0.25, 0.3) is 5.91 Å². The third-order valence-corrected chi connectivity index (χ3v) is 2.63. The molecule has 88 valence electrons. The molecule has 2 atom stereocenters. The summed E-state index contributed by atoms with van der Waals surface area (Å²) in [5.41, 5.74) is 0.963. The maximum atomic E-state index is 11.8. The third-order valence-electron chi connectivity index (χ3n) is 2.63. The maximum Gasteiger partial charge on any atom is 0.251 e. The number of nitrogens with one attached hydrogen (secondary N) is 1. The summed E-state index contributed by atoms with van der Waals surface area (Å²) in [5, 5.41) is 21.4. The van der Waals surface area contributed by atoms with Crippen LogP contribution >= 0.6 is 0 Å². The van der Waals surface area contributed by atoms with Gasteiger partial charge >= 0.3 is 0 Å². The van der Waals surface area contributed by atoms with Crippen LogP contribution in [0.3, 0.4) is 0 Å². The summed E-state index contributed by atoms with van der Waals surface area (Å²) in [6.07, 6.45) is -0.610. The molecule has 0 saturated carbocycles. The number of aromatic hydroxyl groups is 1. The molecule has 16 heavy (non-hydrogen) atoms. The molecule has 0 radical (unpaired) electrons. The number of phenolic OH excluding ortho intramolecular Hbond substituents is 1. The van der Waals surface area contributed by atoms with Crippen molar-refractivity contribution in [3.05, 3.63) is 29.3 Å². The number of amides is 1. The van der Waals surface area contributed by atoms with E-state index < -0.39 is 6.10 Å². The number of aliphatic hydroxyl groups excluding tert-OH is 1. The van der Waals surface area contributed by atoms with Gasteiger partial charge in [-0.1, -0.05) is 6.07 Å². The van der Waals surface area contributed by atoms with Crippen molar-refractivity contribution in [1.29, 1.82) is 0 Å². The Balaban J connectivity index is 2.85. The minimum absolute atomic E-state index is 0.0948. The first-order valence-electron chi connectivity index (χ1n) is 5.21. The quantitative estimate of drug-likeness (QED) is 0.721. The number of hydrogen-bond acceptors (Lipinski definition) is 3. The standard InChI is InChI=1S/C12H17NO3/c1-7-10(5-4-6-11(7)15)12(16)13-8(2)9(3)14/h4-6,8-9,14-15H,1-3H3,(H,13,16)/t8-,9+/m0/s1. The SMILES string of the molecule is Cc1c(O)cccc1C(=O)N[C@@H](C)[C@@H](C)O. The van der Waals surface area contributed by atoms with E-state index in [9.17, 15) is 15.0 Å². The summed E-state index contributed by atoms with van der Waals surface area (Å²) >= 11 is 0. The van der Waals surface area contributed by atoms with E-state index in [-0.39, 0.29) is 17.7 Å². The molecule has 1 aromatic carbocycles. The molecule has 0 unspecified atom stereocenters. The topological polar surface area (TPSA) is 69.6 Å². The summed E-state index contributed by atoms with van der Waals surface area (Å²) in [6.45, 7) is 5.01. The molecule has 4 nitrogen and oxygen atoms in total. The zero-order valence-corrected chi connectivity index (χ0v) is 9.69. The Hall–Kier alpha value is -1.55. The maximum absolute atomic E-state index is 11.8. The van der Waals surface area contributed by atoms with Crippen LogP contribution in [0.2, 0.25) is 0 Å². The second-order valence-corrected chi connectivity index (χ2v) is 3.95. The van der Waals surface area contributed by atoms with Gasteiger partial charge in [-0.25, -0.2) is 0 Å². The molecule has 0 aliphatic heterocycles. The molecule has 0 bridgehead atoms. The summed E-state index contributed by atoms with van der Waals surface area (Å²) in [6, 6.07) is 4.46. The van der Waals surface area contributed by atoms with E-state index in [4.69, 9.17) is 0 Å². The average Bonchev–Trinajstić information content (AvgIpc) is 2.21. The highest BCUT2D eigenvalue weighted by Crippen LogP contribution is 2.19. The van der Waals surface area contributed by atoms with Crippen molar-refractivity contribution in [3.8, 4) is 5.75 Å². The first kappa shape index (κ1) is 12.5. The Bertz CT molecular complexity index is 388. The Kier molecular flexibility index (Phi) is 3.90. The second-order valence-electron chi connectivity index (χ2n) is 3.95. The lowest BCUT2D eigenvalue weighted by Gasteiger charge is -2.17. The van der Waals surface area contributed by atoms with Crippen molar-refractivity contribution in [2.24, 2.45) is 0 Å². The molecule has 1 amide bonds. The van der Waals surface area contributed by atoms with E-state index in [1.807, 2.05) is 0 Å². The summed E-state index contributed by atoms with van der Waals surface area (Å²) < 4.78 is 0. The molecule has 0 saturated heterocycles. The number of carbonyl (C=O) groups is 1. The molecular formula is C12H17NO3. The predicted molar refractivity (Wildman–Crippen MR) is 61.5 cm³/mol. The minimum Gasteiger partial charge on any atom is -0.508 e. The van der Waals surface area contributed by atoms with E-state index in [0.717, 1.165) is 0 Å². The largest absolute Gasteiger partial charge is 0.508 e. The highest BCUT2D eigenvalue weighted by atomic mass is 16.3. The van der Waals surface area contributed by atoms with Crippen LogP contribution in [0.25, 0.3) is 0 Å². The first-order chi connectivity index (χ1) is 7.43. The Morgan fingerprint density at radius 2 is 2.00 bits per heavy atom. The Morgan fingerprint density at radius 3 is 2.56 bits per heavy atom. The summed E-state index contributed by atoms with van der Waals surface area (Å²) in [4.78, 5) is 11.8. The van der Waals surface area contributed by atoms with Gasteiger partial charge in [0.2, 0.25) is 0 Å². The van der Waals surface area contributed by atoms with Crippen LogP contribution in [0, 0.1) is 6.92 Å². The molecule has 3 N–H and O–H groups in total. The van der Waals surface area contributed by atoms with Crippen LogP contribution in [0.15, 0.2) is 18.2 Å². The molecule has 0 heterocycles. The number of benzene rings is 1. The lowest BCUT2D eigenvalue weighted by molar-refractivity contribution is 0.0872. The van der Waals surface area contributed by atoms with Crippen molar-refractivity contribution in [3.63, 3.8) is 0 Å². The Morgan fingerprint density at radius 1 is 1.38 bits per heavy atom. The van der Waals surface area contributed by atoms with Crippen molar-refractivity contribution < 1.29 is 15.0 Å². The lowest BCUT2D eigenvalue weighted by Crippen LogP contribution is -2.39. The van der Waals surface area contributed by atoms with Crippen LogP contribution in [0.1, 0.15) is 29.8 Å². The molecule has 0 spiro atoms. The lowest BCUT2D eigenvalue weighted by atomic mass is 10.1. The van der Waals surface area contributed by atoms with Crippen LogP contribution in [-0.4, -0.2) is 28.3 Å². The second kappa shape index (κ2) is 4.99. The number of aliphatic hydroxyl groups is 1. The van der Waals surface area contributed by atoms with Gasteiger partial charge in [-0.15, -0.1) is 0 Å². The zero-order valence-electron chi connectivity index (χ0n) is 9.69. The molecule has 1 aromatic rings. The molecule has 0 aliphatic rings. The van der Waals surface area contributed by atoms with Crippen molar-refractivity contribution in [1.82, 2.24) is 5.32 Å². The third kappa shape index (κ3) is 2.73. The number of rotatable bonds is 3. The van der Waals surface area contributed by atoms with Gasteiger partial charge in [0.1, 0.15) is 5.75 Å². The molecule has 4 heteroatoms. The average molecular weight is 223 g/mol. The van der Waals surface area contributed by atoms with Gasteiger partial charge in [0, 0.05) is 11.1 Å². The van der Waals surface area contributed by atoms with Crippen LogP contribution in [-0.2, 0) is 0 Å². The summed E-state index contributed by atoms with van der Waals surface area (Å²) in [7, 11) is 0. The molecule has 1 rings (SSSR count). The first-order valence-corrected chi connectivity index (χ1v) is 5.21.